The number of benzene rings is 1. The van der Waals surface area contributed by atoms with E-state index in [4.69, 9.17) is 11.6 Å². The summed E-state index contributed by atoms with van der Waals surface area (Å²) in [6.07, 6.45) is 1.33. The fourth-order valence-electron chi connectivity index (χ4n) is 3.26. The minimum absolute atomic E-state index is 0.135. The zero-order valence-corrected chi connectivity index (χ0v) is 18.0. The molecule has 3 aromatic rings. The van der Waals surface area contributed by atoms with Gasteiger partial charge in [0, 0.05) is 28.6 Å². The number of thiophene rings is 1. The molecule has 7 heteroatoms. The number of aromatic amines is 1. The highest BCUT2D eigenvalue weighted by atomic mass is 35.5. The number of hydrogen-bond acceptors (Lipinski definition) is 5. The molecule has 150 valence electrons. The number of halogens is 1. The van der Waals surface area contributed by atoms with Crippen LogP contribution in [-0.4, -0.2) is 38.7 Å². The maximum absolute atomic E-state index is 12.8. The summed E-state index contributed by atoms with van der Waals surface area (Å²) < 4.78 is 0. The summed E-state index contributed by atoms with van der Waals surface area (Å²) >= 11 is 7.44. The SMILES string of the molecule is CCC[C@@H](O)CN(Cc1nc2scc(-c3ccc(Cl)cc3)c2c(=O)[nH]1)C(C)C. The molecule has 0 fully saturated rings. The van der Waals surface area contributed by atoms with E-state index in [1.54, 1.807) is 0 Å². The fourth-order valence-corrected chi connectivity index (χ4v) is 4.35. The number of H-pyrrole nitrogens is 1. The molecule has 2 N–H and O–H groups in total. The summed E-state index contributed by atoms with van der Waals surface area (Å²) in [6, 6.07) is 7.69. The van der Waals surface area contributed by atoms with Crippen LogP contribution in [0.1, 0.15) is 39.4 Å². The van der Waals surface area contributed by atoms with Gasteiger partial charge in [-0.25, -0.2) is 4.98 Å². The van der Waals surface area contributed by atoms with E-state index in [0.29, 0.717) is 29.3 Å². The molecular formula is C21H26ClN3O2S. The second-order valence-electron chi connectivity index (χ2n) is 7.31. The summed E-state index contributed by atoms with van der Waals surface area (Å²) in [4.78, 5) is 23.3. The van der Waals surface area contributed by atoms with Gasteiger partial charge in [0.1, 0.15) is 10.7 Å². The predicted octanol–water partition coefficient (Wildman–Crippen LogP) is 4.68. The third kappa shape index (κ3) is 4.81. The summed E-state index contributed by atoms with van der Waals surface area (Å²) in [5, 5.41) is 13.4. The molecule has 0 saturated heterocycles. The van der Waals surface area contributed by atoms with Gasteiger partial charge in [-0.05, 0) is 38.0 Å². The molecule has 1 atom stereocenters. The van der Waals surface area contributed by atoms with Crippen LogP contribution in [-0.2, 0) is 6.54 Å². The average Bonchev–Trinajstić information content (AvgIpc) is 3.06. The van der Waals surface area contributed by atoms with Gasteiger partial charge < -0.3 is 10.1 Å². The van der Waals surface area contributed by atoms with Gasteiger partial charge in [-0.2, -0.15) is 0 Å². The average molecular weight is 420 g/mol. The van der Waals surface area contributed by atoms with Crippen LogP contribution in [0.25, 0.3) is 21.3 Å². The van der Waals surface area contributed by atoms with Crippen molar-refractivity contribution >= 4 is 33.2 Å². The molecule has 0 aliphatic rings. The lowest BCUT2D eigenvalue weighted by molar-refractivity contribution is 0.0828. The molecule has 28 heavy (non-hydrogen) atoms. The molecule has 0 radical (unpaired) electrons. The third-order valence-corrected chi connectivity index (χ3v) is 5.92. The number of nitrogens with one attached hydrogen (secondary N) is 1. The molecular weight excluding hydrogens is 394 g/mol. The number of hydrogen-bond donors (Lipinski definition) is 2. The van der Waals surface area contributed by atoms with E-state index in [-0.39, 0.29) is 17.7 Å². The van der Waals surface area contributed by atoms with Crippen LogP contribution in [0.2, 0.25) is 5.02 Å². The smallest absolute Gasteiger partial charge is 0.260 e. The van der Waals surface area contributed by atoms with Gasteiger partial charge in [0.25, 0.3) is 5.56 Å². The Morgan fingerprint density at radius 2 is 2.00 bits per heavy atom. The number of rotatable bonds is 8. The lowest BCUT2D eigenvalue weighted by Crippen LogP contribution is -2.38. The Balaban J connectivity index is 1.90. The van der Waals surface area contributed by atoms with Gasteiger partial charge in [-0.3, -0.25) is 9.69 Å². The Labute approximate surface area is 174 Å². The van der Waals surface area contributed by atoms with E-state index in [1.807, 2.05) is 29.6 Å². The molecule has 3 rings (SSSR count). The highest BCUT2D eigenvalue weighted by Gasteiger charge is 2.18. The minimum Gasteiger partial charge on any atom is -0.392 e. The van der Waals surface area contributed by atoms with E-state index < -0.39 is 0 Å². The summed E-state index contributed by atoms with van der Waals surface area (Å²) in [6.45, 7) is 7.29. The molecule has 2 heterocycles. The first kappa shape index (κ1) is 21.0. The Hall–Kier alpha value is -1.73. The van der Waals surface area contributed by atoms with Crippen molar-refractivity contribution in [2.24, 2.45) is 0 Å². The Bertz CT molecular complexity index is 981. The van der Waals surface area contributed by atoms with Crippen molar-refractivity contribution in [3.63, 3.8) is 0 Å². The Kier molecular flexibility index (Phi) is 6.88. The zero-order chi connectivity index (χ0) is 20.3. The van der Waals surface area contributed by atoms with Crippen molar-refractivity contribution < 1.29 is 5.11 Å². The molecule has 0 amide bonds. The maximum atomic E-state index is 12.8. The molecule has 0 spiro atoms. The zero-order valence-electron chi connectivity index (χ0n) is 16.4. The topological polar surface area (TPSA) is 69.2 Å². The van der Waals surface area contributed by atoms with E-state index in [9.17, 15) is 9.90 Å². The predicted molar refractivity (Wildman–Crippen MR) is 117 cm³/mol. The second-order valence-corrected chi connectivity index (χ2v) is 8.61. The van der Waals surface area contributed by atoms with E-state index >= 15 is 0 Å². The number of nitrogens with zero attached hydrogens (tertiary/aromatic N) is 2. The number of aliphatic hydroxyl groups is 1. The molecule has 0 aliphatic carbocycles. The monoisotopic (exact) mass is 419 g/mol. The summed E-state index contributed by atoms with van der Waals surface area (Å²) in [7, 11) is 0. The maximum Gasteiger partial charge on any atom is 0.260 e. The van der Waals surface area contributed by atoms with Gasteiger partial charge >= 0.3 is 0 Å². The first-order valence-corrected chi connectivity index (χ1v) is 10.8. The van der Waals surface area contributed by atoms with Gasteiger partial charge in [-0.15, -0.1) is 11.3 Å². The van der Waals surface area contributed by atoms with Crippen molar-refractivity contribution in [2.75, 3.05) is 6.54 Å². The van der Waals surface area contributed by atoms with Crippen LogP contribution in [0.3, 0.4) is 0 Å². The largest absolute Gasteiger partial charge is 0.392 e. The number of aliphatic hydroxyl groups excluding tert-OH is 1. The highest BCUT2D eigenvalue weighted by Crippen LogP contribution is 2.31. The molecule has 0 unspecified atom stereocenters. The first-order valence-electron chi connectivity index (χ1n) is 9.57. The van der Waals surface area contributed by atoms with Gasteiger partial charge in [-0.1, -0.05) is 37.1 Å². The van der Waals surface area contributed by atoms with E-state index in [0.717, 1.165) is 28.8 Å². The molecule has 1 aromatic carbocycles. The van der Waals surface area contributed by atoms with Crippen molar-refractivity contribution in [1.82, 2.24) is 14.9 Å². The molecule has 2 aromatic heterocycles. The standard InChI is InChI=1S/C21H26ClN3O2S/c1-4-5-16(26)10-25(13(2)3)11-18-23-20(27)19-17(12-28-21(19)24-18)14-6-8-15(22)9-7-14/h6-9,12-13,16,26H,4-5,10-11H2,1-3H3,(H,23,24,27)/t16-/m1/s1. The van der Waals surface area contributed by atoms with Crippen LogP contribution in [0, 0.1) is 0 Å². The lowest BCUT2D eigenvalue weighted by atomic mass is 10.1. The van der Waals surface area contributed by atoms with E-state index in [1.165, 1.54) is 11.3 Å². The molecule has 0 bridgehead atoms. The van der Waals surface area contributed by atoms with Gasteiger partial charge in [0.15, 0.2) is 0 Å². The molecule has 5 nitrogen and oxygen atoms in total. The lowest BCUT2D eigenvalue weighted by Gasteiger charge is -2.28. The van der Waals surface area contributed by atoms with Gasteiger partial charge in [0.2, 0.25) is 0 Å². The molecule has 0 saturated carbocycles. The van der Waals surface area contributed by atoms with Crippen LogP contribution in [0.15, 0.2) is 34.4 Å². The van der Waals surface area contributed by atoms with Crippen molar-refractivity contribution in [2.45, 2.75) is 52.3 Å². The first-order chi connectivity index (χ1) is 13.4. The summed E-state index contributed by atoms with van der Waals surface area (Å²) in [5.41, 5.74) is 1.68. The fraction of sp³-hybridized carbons (Fsp3) is 0.429. The van der Waals surface area contributed by atoms with Crippen LogP contribution >= 0.6 is 22.9 Å². The normalized spacial score (nSPS) is 13.0. The Morgan fingerprint density at radius 3 is 2.64 bits per heavy atom. The van der Waals surface area contributed by atoms with Crippen LogP contribution in [0.5, 0.6) is 0 Å². The number of fused-ring (bicyclic) bond motifs is 1. The quantitative estimate of drug-likeness (QED) is 0.556. The van der Waals surface area contributed by atoms with Gasteiger partial charge in [0.05, 0.1) is 18.0 Å². The number of aromatic nitrogens is 2. The van der Waals surface area contributed by atoms with E-state index in [2.05, 4.69) is 35.6 Å². The summed E-state index contributed by atoms with van der Waals surface area (Å²) in [5.74, 6) is 0.624. The molecule has 0 aliphatic heterocycles. The van der Waals surface area contributed by atoms with Crippen molar-refractivity contribution in [3.8, 4) is 11.1 Å². The second kappa shape index (κ2) is 9.18. The van der Waals surface area contributed by atoms with Crippen molar-refractivity contribution in [1.29, 1.82) is 0 Å². The van der Waals surface area contributed by atoms with Crippen LogP contribution in [0.4, 0.5) is 0 Å². The third-order valence-electron chi connectivity index (χ3n) is 4.80. The Morgan fingerprint density at radius 1 is 1.29 bits per heavy atom. The highest BCUT2D eigenvalue weighted by molar-refractivity contribution is 7.17. The minimum atomic E-state index is -0.374. The van der Waals surface area contributed by atoms with Crippen molar-refractivity contribution in [3.05, 3.63) is 50.8 Å². The van der Waals surface area contributed by atoms with Crippen LogP contribution < -0.4 is 5.56 Å².